The highest BCUT2D eigenvalue weighted by molar-refractivity contribution is 5.15. The molecule has 2 fully saturated rings. The van der Waals surface area contributed by atoms with Crippen molar-refractivity contribution in [2.45, 2.75) is 58.5 Å². The first-order valence-corrected chi connectivity index (χ1v) is 10.9. The van der Waals surface area contributed by atoms with Gasteiger partial charge in [-0.15, -0.1) is 0 Å². The van der Waals surface area contributed by atoms with Crippen molar-refractivity contribution in [3.8, 4) is 0 Å². The van der Waals surface area contributed by atoms with Crippen LogP contribution in [0.25, 0.3) is 0 Å². The molecule has 0 unspecified atom stereocenters. The molecule has 4 nitrogen and oxygen atoms in total. The number of benzene rings is 1. The Bertz CT molecular complexity index is 756. The first kappa shape index (κ1) is 19.5. The summed E-state index contributed by atoms with van der Waals surface area (Å²) in [5, 5.41) is 0. The standard InChI is InChI=1S/C24H34N4/c1-20(2)23-25-13-10-22(26-23)17-28-15-7-12-24(19-28)11-6-14-27(18-24)16-21-8-4-3-5-9-21/h3-5,8-10,13,20H,6-7,11-12,14-19H2,1-2H3/t24-/m1/s1. The third-order valence-corrected chi connectivity index (χ3v) is 6.36. The van der Waals surface area contributed by atoms with Crippen molar-refractivity contribution < 1.29 is 0 Å². The number of hydrogen-bond donors (Lipinski definition) is 0. The van der Waals surface area contributed by atoms with Gasteiger partial charge in [0.05, 0.1) is 5.69 Å². The van der Waals surface area contributed by atoms with E-state index in [0.717, 1.165) is 18.9 Å². The minimum Gasteiger partial charge on any atom is -0.298 e. The summed E-state index contributed by atoms with van der Waals surface area (Å²) in [6.45, 7) is 11.3. The van der Waals surface area contributed by atoms with E-state index >= 15 is 0 Å². The molecule has 0 N–H and O–H groups in total. The lowest BCUT2D eigenvalue weighted by molar-refractivity contribution is 0.00733. The number of likely N-dealkylation sites (tertiary alicyclic amines) is 2. The molecule has 4 heteroatoms. The fraction of sp³-hybridized carbons (Fsp3) is 0.583. The molecule has 1 aromatic carbocycles. The highest BCUT2D eigenvalue weighted by atomic mass is 15.2. The second kappa shape index (κ2) is 8.71. The number of hydrogen-bond acceptors (Lipinski definition) is 4. The highest BCUT2D eigenvalue weighted by Crippen LogP contribution is 2.39. The van der Waals surface area contributed by atoms with E-state index in [9.17, 15) is 0 Å². The second-order valence-corrected chi connectivity index (χ2v) is 9.17. The molecule has 1 atom stereocenters. The average Bonchev–Trinajstić information content (AvgIpc) is 2.69. The predicted octanol–water partition coefficient (Wildman–Crippen LogP) is 4.48. The Morgan fingerprint density at radius 1 is 0.929 bits per heavy atom. The van der Waals surface area contributed by atoms with Crippen molar-refractivity contribution in [2.24, 2.45) is 5.41 Å². The Hall–Kier alpha value is -1.78. The van der Waals surface area contributed by atoms with Gasteiger partial charge in [0.1, 0.15) is 5.82 Å². The summed E-state index contributed by atoms with van der Waals surface area (Å²) < 4.78 is 0. The largest absolute Gasteiger partial charge is 0.298 e. The van der Waals surface area contributed by atoms with Crippen molar-refractivity contribution in [3.05, 3.63) is 59.7 Å². The van der Waals surface area contributed by atoms with Crippen LogP contribution < -0.4 is 0 Å². The molecule has 0 saturated carbocycles. The van der Waals surface area contributed by atoms with Crippen molar-refractivity contribution in [3.63, 3.8) is 0 Å². The maximum absolute atomic E-state index is 4.81. The van der Waals surface area contributed by atoms with Crippen LogP contribution >= 0.6 is 0 Å². The number of piperidine rings is 2. The Labute approximate surface area is 170 Å². The first-order chi connectivity index (χ1) is 13.6. The summed E-state index contributed by atoms with van der Waals surface area (Å²) in [7, 11) is 0. The Morgan fingerprint density at radius 2 is 1.61 bits per heavy atom. The number of rotatable bonds is 5. The topological polar surface area (TPSA) is 32.3 Å². The molecule has 0 bridgehead atoms. The van der Waals surface area contributed by atoms with Gasteiger partial charge in [0.15, 0.2) is 0 Å². The van der Waals surface area contributed by atoms with E-state index in [0.29, 0.717) is 11.3 Å². The van der Waals surface area contributed by atoms with Crippen LogP contribution in [0.2, 0.25) is 0 Å². The van der Waals surface area contributed by atoms with Gasteiger partial charge in [0, 0.05) is 38.3 Å². The van der Waals surface area contributed by atoms with E-state index in [-0.39, 0.29) is 0 Å². The van der Waals surface area contributed by atoms with E-state index in [1.165, 1.54) is 63.1 Å². The molecule has 2 aliphatic heterocycles. The molecule has 0 aliphatic carbocycles. The smallest absolute Gasteiger partial charge is 0.131 e. The van der Waals surface area contributed by atoms with Crippen LogP contribution in [0.3, 0.4) is 0 Å². The zero-order valence-electron chi connectivity index (χ0n) is 17.5. The first-order valence-electron chi connectivity index (χ1n) is 10.9. The fourth-order valence-corrected chi connectivity index (χ4v) is 5.07. The molecule has 0 radical (unpaired) electrons. The number of aromatic nitrogens is 2. The van der Waals surface area contributed by atoms with Gasteiger partial charge in [0.25, 0.3) is 0 Å². The third kappa shape index (κ3) is 4.79. The van der Waals surface area contributed by atoms with Gasteiger partial charge >= 0.3 is 0 Å². The fourth-order valence-electron chi connectivity index (χ4n) is 5.07. The van der Waals surface area contributed by atoms with Crippen molar-refractivity contribution >= 4 is 0 Å². The summed E-state index contributed by atoms with van der Waals surface area (Å²) in [5.74, 6) is 1.36. The van der Waals surface area contributed by atoms with Gasteiger partial charge in [-0.1, -0.05) is 44.2 Å². The van der Waals surface area contributed by atoms with Gasteiger partial charge < -0.3 is 0 Å². The summed E-state index contributed by atoms with van der Waals surface area (Å²) in [4.78, 5) is 14.6. The summed E-state index contributed by atoms with van der Waals surface area (Å²) in [6, 6.07) is 13.0. The third-order valence-electron chi connectivity index (χ3n) is 6.36. The molecule has 1 aromatic heterocycles. The summed E-state index contributed by atoms with van der Waals surface area (Å²) in [5.41, 5.74) is 3.07. The van der Waals surface area contributed by atoms with Crippen LogP contribution in [0, 0.1) is 5.41 Å². The lowest BCUT2D eigenvalue weighted by atomic mass is 9.73. The molecule has 4 rings (SSSR count). The Balaban J connectivity index is 1.40. The molecule has 0 amide bonds. The van der Waals surface area contributed by atoms with Crippen molar-refractivity contribution in [1.29, 1.82) is 0 Å². The van der Waals surface area contributed by atoms with Gasteiger partial charge in [-0.3, -0.25) is 9.80 Å². The van der Waals surface area contributed by atoms with E-state index < -0.39 is 0 Å². The maximum atomic E-state index is 4.81. The van der Waals surface area contributed by atoms with Crippen LogP contribution in [0.4, 0.5) is 0 Å². The summed E-state index contributed by atoms with van der Waals surface area (Å²) >= 11 is 0. The van der Waals surface area contributed by atoms with Crippen LogP contribution in [0.1, 0.15) is 62.5 Å². The van der Waals surface area contributed by atoms with Gasteiger partial charge in [-0.05, 0) is 55.8 Å². The highest BCUT2D eigenvalue weighted by Gasteiger charge is 2.39. The van der Waals surface area contributed by atoms with E-state index in [2.05, 4.69) is 65.0 Å². The van der Waals surface area contributed by atoms with Crippen molar-refractivity contribution in [1.82, 2.24) is 19.8 Å². The summed E-state index contributed by atoms with van der Waals surface area (Å²) in [6.07, 6.45) is 7.30. The van der Waals surface area contributed by atoms with Crippen LogP contribution in [0.5, 0.6) is 0 Å². The Morgan fingerprint density at radius 3 is 2.29 bits per heavy atom. The second-order valence-electron chi connectivity index (χ2n) is 9.17. The quantitative estimate of drug-likeness (QED) is 0.768. The molecule has 2 saturated heterocycles. The molecule has 1 spiro atoms. The molecule has 150 valence electrons. The molecule has 2 aliphatic rings. The SMILES string of the molecule is CC(C)c1nccc(CN2CCC[C@@]3(CCCN(Cc4ccccc4)C3)C2)n1. The average molecular weight is 379 g/mol. The van der Waals surface area contributed by atoms with E-state index in [4.69, 9.17) is 4.98 Å². The molecule has 28 heavy (non-hydrogen) atoms. The van der Waals surface area contributed by atoms with Crippen LogP contribution in [-0.4, -0.2) is 45.9 Å². The van der Waals surface area contributed by atoms with Gasteiger partial charge in [-0.25, -0.2) is 9.97 Å². The normalized spacial score (nSPS) is 24.1. The molecule has 2 aromatic rings. The minimum absolute atomic E-state index is 0.387. The van der Waals surface area contributed by atoms with Gasteiger partial charge in [0.2, 0.25) is 0 Å². The molecular formula is C24H34N4. The maximum Gasteiger partial charge on any atom is 0.131 e. The lowest BCUT2D eigenvalue weighted by Gasteiger charge is -2.48. The zero-order chi connectivity index (χ0) is 19.4. The lowest BCUT2D eigenvalue weighted by Crippen LogP contribution is -2.51. The Kier molecular flexibility index (Phi) is 6.07. The van der Waals surface area contributed by atoms with E-state index in [1.54, 1.807) is 0 Å². The predicted molar refractivity (Wildman–Crippen MR) is 114 cm³/mol. The van der Waals surface area contributed by atoms with E-state index in [1.807, 2.05) is 6.20 Å². The zero-order valence-corrected chi connectivity index (χ0v) is 17.5. The number of nitrogens with zero attached hydrogens (tertiary/aromatic N) is 4. The minimum atomic E-state index is 0.387. The van der Waals surface area contributed by atoms with Crippen molar-refractivity contribution in [2.75, 3.05) is 26.2 Å². The molecular weight excluding hydrogens is 344 g/mol. The monoisotopic (exact) mass is 378 g/mol. The van der Waals surface area contributed by atoms with Crippen LogP contribution in [0.15, 0.2) is 42.6 Å². The van der Waals surface area contributed by atoms with Crippen LogP contribution in [-0.2, 0) is 13.1 Å². The van der Waals surface area contributed by atoms with Gasteiger partial charge in [-0.2, -0.15) is 0 Å². The molecule has 3 heterocycles.